The molecule has 2 aromatic rings. The first-order chi connectivity index (χ1) is 9.66. The van der Waals surface area contributed by atoms with Crippen LogP contribution in [0.2, 0.25) is 0 Å². The first kappa shape index (κ1) is 14.0. The van der Waals surface area contributed by atoms with E-state index in [1.54, 1.807) is 11.3 Å². The first-order valence-corrected chi connectivity index (χ1v) is 8.04. The molecule has 3 rings (SSSR count). The van der Waals surface area contributed by atoms with Crippen molar-refractivity contribution >= 4 is 21.4 Å². The molecule has 1 aromatic heterocycles. The number of hydrogen-bond donors (Lipinski definition) is 1. The molecule has 0 aliphatic carbocycles. The van der Waals surface area contributed by atoms with Crippen LogP contribution >= 0.6 is 11.3 Å². The number of benzene rings is 1. The van der Waals surface area contributed by atoms with Crippen molar-refractivity contribution in [3.8, 4) is 0 Å². The summed E-state index contributed by atoms with van der Waals surface area (Å²) in [5, 5.41) is 14.0. The second-order valence-electron chi connectivity index (χ2n) is 5.63. The van der Waals surface area contributed by atoms with Gasteiger partial charge < -0.3 is 9.84 Å². The van der Waals surface area contributed by atoms with Crippen LogP contribution in [0.15, 0.2) is 29.6 Å². The predicted octanol–water partition coefficient (Wildman–Crippen LogP) is 3.04. The van der Waals surface area contributed by atoms with Crippen molar-refractivity contribution in [1.29, 1.82) is 0 Å². The van der Waals surface area contributed by atoms with Crippen molar-refractivity contribution in [3.63, 3.8) is 0 Å². The first-order valence-electron chi connectivity index (χ1n) is 7.16. The molecule has 2 atom stereocenters. The van der Waals surface area contributed by atoms with Crippen molar-refractivity contribution in [2.75, 3.05) is 19.7 Å². The Labute approximate surface area is 123 Å². The maximum atomic E-state index is 10.7. The topological polar surface area (TPSA) is 32.7 Å². The van der Waals surface area contributed by atoms with Gasteiger partial charge >= 0.3 is 0 Å². The monoisotopic (exact) mass is 291 g/mol. The Balaban J connectivity index is 1.84. The molecule has 1 aromatic carbocycles. The van der Waals surface area contributed by atoms with Crippen molar-refractivity contribution in [3.05, 3.63) is 35.2 Å². The summed E-state index contributed by atoms with van der Waals surface area (Å²) in [6.07, 6.45) is -0.697. The van der Waals surface area contributed by atoms with Gasteiger partial charge in [-0.2, -0.15) is 0 Å². The lowest BCUT2D eigenvalue weighted by molar-refractivity contribution is -0.0957. The summed E-state index contributed by atoms with van der Waals surface area (Å²) in [4.78, 5) is 2.37. The minimum atomic E-state index is -0.557. The average molecular weight is 291 g/mol. The second kappa shape index (κ2) is 5.82. The molecule has 20 heavy (non-hydrogen) atoms. The number of morpholine rings is 1. The highest BCUT2D eigenvalue weighted by Gasteiger charge is 2.29. The summed E-state index contributed by atoms with van der Waals surface area (Å²) in [7, 11) is 0. The highest BCUT2D eigenvalue weighted by Crippen LogP contribution is 2.32. The standard InChI is InChI=1S/C16H21NO2S/c1-11(2)17-7-8-19-14(10-17)15(18)13-5-3-4-12-6-9-20-16(12)13/h3-6,9,11,14-15,18H,7-8,10H2,1-2H3. The van der Waals surface area contributed by atoms with E-state index in [0.29, 0.717) is 12.6 Å². The molecule has 108 valence electrons. The lowest BCUT2D eigenvalue weighted by Crippen LogP contribution is -2.47. The fourth-order valence-corrected chi connectivity index (χ4v) is 3.75. The molecule has 1 fully saturated rings. The third-order valence-corrected chi connectivity index (χ3v) is 5.01. The molecule has 0 bridgehead atoms. The molecular formula is C16H21NO2S. The zero-order valence-electron chi connectivity index (χ0n) is 12.0. The van der Waals surface area contributed by atoms with Crippen LogP contribution in [0.4, 0.5) is 0 Å². The van der Waals surface area contributed by atoms with Crippen molar-refractivity contribution in [2.45, 2.75) is 32.1 Å². The van der Waals surface area contributed by atoms with E-state index in [2.05, 4.69) is 36.3 Å². The Morgan fingerprint density at radius 1 is 1.35 bits per heavy atom. The van der Waals surface area contributed by atoms with E-state index in [4.69, 9.17) is 4.74 Å². The van der Waals surface area contributed by atoms with E-state index in [1.807, 2.05) is 12.1 Å². The van der Waals surface area contributed by atoms with Crippen LogP contribution in [-0.4, -0.2) is 41.8 Å². The van der Waals surface area contributed by atoms with Crippen LogP contribution in [-0.2, 0) is 4.74 Å². The minimum Gasteiger partial charge on any atom is -0.386 e. The third-order valence-electron chi connectivity index (χ3n) is 4.04. The van der Waals surface area contributed by atoms with Gasteiger partial charge in [0.15, 0.2) is 0 Å². The molecule has 0 spiro atoms. The number of nitrogens with zero attached hydrogens (tertiary/aromatic N) is 1. The Morgan fingerprint density at radius 2 is 2.20 bits per heavy atom. The molecule has 3 nitrogen and oxygen atoms in total. The van der Waals surface area contributed by atoms with Crippen molar-refractivity contribution in [1.82, 2.24) is 4.90 Å². The molecule has 2 heterocycles. The van der Waals surface area contributed by atoms with Gasteiger partial charge in [-0.1, -0.05) is 18.2 Å². The highest BCUT2D eigenvalue weighted by atomic mass is 32.1. The van der Waals surface area contributed by atoms with Crippen molar-refractivity contribution in [2.24, 2.45) is 0 Å². The molecule has 0 amide bonds. The van der Waals surface area contributed by atoms with Crippen LogP contribution < -0.4 is 0 Å². The van der Waals surface area contributed by atoms with Crippen LogP contribution in [0.25, 0.3) is 10.1 Å². The fourth-order valence-electron chi connectivity index (χ4n) is 2.81. The van der Waals surface area contributed by atoms with E-state index >= 15 is 0 Å². The molecular weight excluding hydrogens is 270 g/mol. The Bertz CT molecular complexity index is 581. The van der Waals surface area contributed by atoms with E-state index < -0.39 is 6.10 Å². The number of ether oxygens (including phenoxy) is 1. The van der Waals surface area contributed by atoms with Crippen LogP contribution in [0.3, 0.4) is 0 Å². The Morgan fingerprint density at radius 3 is 3.00 bits per heavy atom. The van der Waals surface area contributed by atoms with E-state index in [9.17, 15) is 5.11 Å². The van der Waals surface area contributed by atoms with E-state index in [1.165, 1.54) is 10.1 Å². The maximum absolute atomic E-state index is 10.7. The Hall–Kier alpha value is -0.940. The van der Waals surface area contributed by atoms with E-state index in [0.717, 1.165) is 18.7 Å². The van der Waals surface area contributed by atoms with Crippen LogP contribution in [0, 0.1) is 0 Å². The normalized spacial score (nSPS) is 22.5. The van der Waals surface area contributed by atoms with Gasteiger partial charge in [-0.25, -0.2) is 0 Å². The molecule has 1 saturated heterocycles. The number of aliphatic hydroxyl groups excluding tert-OH is 1. The summed E-state index contributed by atoms with van der Waals surface area (Å²) in [5.41, 5.74) is 0.994. The zero-order chi connectivity index (χ0) is 14.1. The molecule has 2 unspecified atom stereocenters. The lowest BCUT2D eigenvalue weighted by atomic mass is 10.0. The summed E-state index contributed by atoms with van der Waals surface area (Å²) in [5.74, 6) is 0. The molecule has 0 radical (unpaired) electrons. The molecule has 1 aliphatic rings. The van der Waals surface area contributed by atoms with Gasteiger partial charge in [0, 0.05) is 29.4 Å². The number of hydrogen-bond acceptors (Lipinski definition) is 4. The Kier molecular flexibility index (Phi) is 4.08. The smallest absolute Gasteiger partial charge is 0.108 e. The van der Waals surface area contributed by atoms with Crippen LogP contribution in [0.1, 0.15) is 25.5 Å². The van der Waals surface area contributed by atoms with Gasteiger partial charge in [-0.3, -0.25) is 4.90 Å². The third kappa shape index (κ3) is 2.61. The maximum Gasteiger partial charge on any atom is 0.108 e. The molecule has 4 heteroatoms. The highest BCUT2D eigenvalue weighted by molar-refractivity contribution is 7.17. The molecule has 0 saturated carbocycles. The largest absolute Gasteiger partial charge is 0.386 e. The van der Waals surface area contributed by atoms with Gasteiger partial charge in [0.05, 0.1) is 6.61 Å². The summed E-state index contributed by atoms with van der Waals surface area (Å²) in [6.45, 7) is 6.81. The SMILES string of the molecule is CC(C)N1CCOC(C(O)c2cccc3ccsc23)C1. The number of fused-ring (bicyclic) bond motifs is 1. The van der Waals surface area contributed by atoms with Gasteiger partial charge in [0.25, 0.3) is 0 Å². The molecule has 1 N–H and O–H groups in total. The number of thiophene rings is 1. The fraction of sp³-hybridized carbons (Fsp3) is 0.500. The molecule has 1 aliphatic heterocycles. The second-order valence-corrected chi connectivity index (χ2v) is 6.55. The van der Waals surface area contributed by atoms with Crippen LogP contribution in [0.5, 0.6) is 0 Å². The summed E-state index contributed by atoms with van der Waals surface area (Å²) >= 11 is 1.68. The van der Waals surface area contributed by atoms with Gasteiger partial charge in [-0.15, -0.1) is 11.3 Å². The number of rotatable bonds is 3. The summed E-state index contributed by atoms with van der Waals surface area (Å²) < 4.78 is 6.98. The average Bonchev–Trinajstić information content (AvgIpc) is 2.95. The quantitative estimate of drug-likeness (QED) is 0.943. The van der Waals surface area contributed by atoms with E-state index in [-0.39, 0.29) is 6.10 Å². The predicted molar refractivity (Wildman–Crippen MR) is 83.2 cm³/mol. The van der Waals surface area contributed by atoms with Gasteiger partial charge in [0.1, 0.15) is 12.2 Å². The van der Waals surface area contributed by atoms with Gasteiger partial charge in [-0.05, 0) is 30.7 Å². The number of aliphatic hydroxyl groups is 1. The zero-order valence-corrected chi connectivity index (χ0v) is 12.8. The minimum absolute atomic E-state index is 0.140. The van der Waals surface area contributed by atoms with Crippen molar-refractivity contribution < 1.29 is 9.84 Å². The van der Waals surface area contributed by atoms with Gasteiger partial charge in [0.2, 0.25) is 0 Å². The summed E-state index contributed by atoms with van der Waals surface area (Å²) in [6, 6.07) is 8.70. The lowest BCUT2D eigenvalue weighted by Gasteiger charge is -2.37.